The average Bonchev–Trinajstić information content (AvgIpc) is 3.23. The highest BCUT2D eigenvalue weighted by Gasteiger charge is 2.45. The van der Waals surface area contributed by atoms with Crippen molar-refractivity contribution in [2.75, 3.05) is 7.11 Å². The summed E-state index contributed by atoms with van der Waals surface area (Å²) in [5, 5.41) is 5.42. The molecule has 0 saturated heterocycles. The number of aryl methyl sites for hydroxylation is 2. The number of esters is 1. The van der Waals surface area contributed by atoms with Gasteiger partial charge in [-0.05, 0) is 86.9 Å². The first-order chi connectivity index (χ1) is 16.7. The first-order valence-electron chi connectivity index (χ1n) is 12.4. The molecule has 184 valence electrons. The van der Waals surface area contributed by atoms with Crippen LogP contribution in [-0.2, 0) is 33.5 Å². The second-order valence-electron chi connectivity index (χ2n) is 10.8. The first-order valence-corrected chi connectivity index (χ1v) is 12.4. The minimum absolute atomic E-state index is 0.319. The van der Waals surface area contributed by atoms with Crippen LogP contribution in [0.5, 0.6) is 5.75 Å². The predicted octanol–water partition coefficient (Wildman–Crippen LogP) is 3.69. The molecule has 2 aromatic carbocycles. The van der Waals surface area contributed by atoms with Crippen LogP contribution < -0.4 is 20.5 Å². The number of hydrogen-bond donors (Lipinski definition) is 1. The third-order valence-corrected chi connectivity index (χ3v) is 7.20. The van der Waals surface area contributed by atoms with Crippen molar-refractivity contribution in [3.63, 3.8) is 0 Å². The highest BCUT2D eigenvalue weighted by atomic mass is 16.6. The SMILES string of the molecule is COC(=O)C1(NC(=O)OC(C)(C)C)CCc2ccc(OC3=c4cccc5c4=C(CC3)CC5)cc2C1. The molecule has 0 radical (unpaired) electrons. The largest absolute Gasteiger partial charge is 0.467 e. The number of methoxy groups -OCH3 is 1. The van der Waals surface area contributed by atoms with Crippen molar-refractivity contribution in [1.29, 1.82) is 0 Å². The van der Waals surface area contributed by atoms with Gasteiger partial charge in [-0.1, -0.05) is 29.8 Å². The number of ether oxygens (including phenoxy) is 3. The molecule has 3 aliphatic rings. The van der Waals surface area contributed by atoms with E-state index in [9.17, 15) is 9.59 Å². The zero-order valence-corrected chi connectivity index (χ0v) is 21.0. The van der Waals surface area contributed by atoms with Crippen molar-refractivity contribution >= 4 is 23.4 Å². The van der Waals surface area contributed by atoms with Crippen LogP contribution in [0.2, 0.25) is 0 Å². The van der Waals surface area contributed by atoms with E-state index in [1.165, 1.54) is 23.1 Å². The van der Waals surface area contributed by atoms with Crippen molar-refractivity contribution in [3.05, 3.63) is 63.5 Å². The van der Waals surface area contributed by atoms with Gasteiger partial charge < -0.3 is 19.5 Å². The van der Waals surface area contributed by atoms with E-state index in [-0.39, 0.29) is 0 Å². The summed E-state index contributed by atoms with van der Waals surface area (Å²) in [6.45, 7) is 5.38. The summed E-state index contributed by atoms with van der Waals surface area (Å²) in [4.78, 5) is 25.5. The van der Waals surface area contributed by atoms with Gasteiger partial charge in [-0.15, -0.1) is 0 Å². The summed E-state index contributed by atoms with van der Waals surface area (Å²) in [7, 11) is 1.35. The van der Waals surface area contributed by atoms with E-state index in [4.69, 9.17) is 14.2 Å². The topological polar surface area (TPSA) is 73.9 Å². The van der Waals surface area contributed by atoms with Crippen LogP contribution in [0.1, 0.15) is 63.1 Å². The number of amides is 1. The molecular weight excluding hydrogens is 442 g/mol. The predicted molar refractivity (Wildman–Crippen MR) is 133 cm³/mol. The van der Waals surface area contributed by atoms with Gasteiger partial charge in [-0.2, -0.15) is 0 Å². The van der Waals surface area contributed by atoms with Gasteiger partial charge in [0.2, 0.25) is 0 Å². The number of fused-ring (bicyclic) bond motifs is 1. The van der Waals surface area contributed by atoms with Crippen molar-refractivity contribution in [2.45, 2.75) is 76.9 Å². The molecule has 0 aromatic heterocycles. The van der Waals surface area contributed by atoms with Crippen molar-refractivity contribution in [1.82, 2.24) is 5.32 Å². The molecule has 0 fully saturated rings. The van der Waals surface area contributed by atoms with Gasteiger partial charge in [0.15, 0.2) is 0 Å². The number of carbonyl (C=O) groups is 2. The molecule has 1 unspecified atom stereocenters. The molecule has 35 heavy (non-hydrogen) atoms. The molecule has 1 N–H and O–H groups in total. The monoisotopic (exact) mass is 475 g/mol. The quantitative estimate of drug-likeness (QED) is 0.683. The van der Waals surface area contributed by atoms with Crippen LogP contribution in [-0.4, -0.2) is 30.3 Å². The maximum Gasteiger partial charge on any atom is 0.408 e. The van der Waals surface area contributed by atoms with Crippen LogP contribution in [0, 0.1) is 0 Å². The molecule has 0 aliphatic heterocycles. The van der Waals surface area contributed by atoms with E-state index in [1.54, 1.807) is 26.3 Å². The van der Waals surface area contributed by atoms with E-state index in [0.717, 1.165) is 48.3 Å². The van der Waals surface area contributed by atoms with Crippen molar-refractivity contribution in [3.8, 4) is 5.75 Å². The molecule has 2 aromatic rings. The first kappa shape index (κ1) is 23.5. The van der Waals surface area contributed by atoms with Crippen LogP contribution in [0.25, 0.3) is 11.3 Å². The Hall–Kier alpha value is -3.28. The molecule has 0 spiro atoms. The lowest BCUT2D eigenvalue weighted by Crippen LogP contribution is -2.59. The van der Waals surface area contributed by atoms with Crippen LogP contribution in [0.3, 0.4) is 0 Å². The number of nitrogens with one attached hydrogen (secondary N) is 1. The molecule has 3 aliphatic carbocycles. The Bertz CT molecular complexity index is 1320. The molecular formula is C29H33NO5. The van der Waals surface area contributed by atoms with Crippen LogP contribution in [0.4, 0.5) is 4.79 Å². The van der Waals surface area contributed by atoms with E-state index >= 15 is 0 Å². The van der Waals surface area contributed by atoms with E-state index in [1.807, 2.05) is 12.1 Å². The molecule has 6 nitrogen and oxygen atoms in total. The van der Waals surface area contributed by atoms with Gasteiger partial charge in [-0.25, -0.2) is 9.59 Å². The zero-order chi connectivity index (χ0) is 24.8. The van der Waals surface area contributed by atoms with Gasteiger partial charge in [0.25, 0.3) is 0 Å². The van der Waals surface area contributed by atoms with Gasteiger partial charge in [-0.3, -0.25) is 0 Å². The fourth-order valence-electron chi connectivity index (χ4n) is 5.63. The second kappa shape index (κ2) is 8.74. The molecule has 5 rings (SSSR count). The molecule has 1 amide bonds. The number of alkyl carbamates (subject to hydrolysis) is 1. The lowest BCUT2D eigenvalue weighted by Gasteiger charge is -2.36. The number of rotatable bonds is 4. The highest BCUT2D eigenvalue weighted by Crippen LogP contribution is 2.34. The van der Waals surface area contributed by atoms with E-state index in [2.05, 4.69) is 29.6 Å². The Balaban J connectivity index is 1.45. The minimum atomic E-state index is -1.18. The van der Waals surface area contributed by atoms with Gasteiger partial charge in [0.1, 0.15) is 22.6 Å². The fraction of sp³-hybridized carbons (Fsp3) is 0.448. The molecule has 6 heteroatoms. The lowest BCUT2D eigenvalue weighted by molar-refractivity contribution is -0.149. The third-order valence-electron chi connectivity index (χ3n) is 7.20. The summed E-state index contributed by atoms with van der Waals surface area (Å²) < 4.78 is 17.0. The Kier molecular flexibility index (Phi) is 5.86. The summed E-state index contributed by atoms with van der Waals surface area (Å²) in [6, 6.07) is 12.6. The number of hydrogen-bond acceptors (Lipinski definition) is 5. The van der Waals surface area contributed by atoms with Crippen LogP contribution in [0.15, 0.2) is 36.4 Å². The summed E-state index contributed by atoms with van der Waals surface area (Å²) in [5.41, 5.74) is 3.24. The van der Waals surface area contributed by atoms with Crippen LogP contribution >= 0.6 is 0 Å². The smallest absolute Gasteiger partial charge is 0.408 e. The Morgan fingerprint density at radius 1 is 0.943 bits per heavy atom. The Morgan fingerprint density at radius 3 is 2.51 bits per heavy atom. The summed E-state index contributed by atoms with van der Waals surface area (Å²) in [6.07, 6.45) is 4.97. The fourth-order valence-corrected chi connectivity index (χ4v) is 5.63. The molecule has 0 bridgehead atoms. The standard InChI is InChI=1S/C29H33NO5/c1-28(2,3)35-27(32)30-29(26(31)33-4)15-14-18-10-12-22(16-21(18)17-29)34-24-13-11-20-9-8-19-6-5-7-23(24)25(19)20/h5-7,10,12,16H,8-9,11,13-15,17H2,1-4H3,(H,30,32). The van der Waals surface area contributed by atoms with Gasteiger partial charge in [0.05, 0.1) is 7.11 Å². The van der Waals surface area contributed by atoms with E-state index < -0.39 is 23.2 Å². The van der Waals surface area contributed by atoms with Gasteiger partial charge >= 0.3 is 12.1 Å². The maximum atomic E-state index is 12.9. The number of benzene rings is 2. The van der Waals surface area contributed by atoms with Crippen molar-refractivity contribution < 1.29 is 23.8 Å². The normalized spacial score (nSPS) is 20.6. The highest BCUT2D eigenvalue weighted by molar-refractivity contribution is 5.86. The maximum absolute atomic E-state index is 12.9. The average molecular weight is 476 g/mol. The molecule has 1 atom stereocenters. The van der Waals surface area contributed by atoms with E-state index in [0.29, 0.717) is 19.3 Å². The van der Waals surface area contributed by atoms with Gasteiger partial charge in [0, 0.05) is 18.1 Å². The molecule has 0 heterocycles. The summed E-state index contributed by atoms with van der Waals surface area (Å²) in [5.74, 6) is 1.27. The molecule has 0 saturated carbocycles. The Labute approximate surface area is 206 Å². The summed E-state index contributed by atoms with van der Waals surface area (Å²) >= 11 is 0. The lowest BCUT2D eigenvalue weighted by atomic mass is 9.78. The minimum Gasteiger partial charge on any atom is -0.467 e. The Morgan fingerprint density at radius 2 is 1.74 bits per heavy atom. The number of carbonyl (C=O) groups excluding carboxylic acids is 2. The third kappa shape index (κ3) is 4.54. The second-order valence-corrected chi connectivity index (χ2v) is 10.8. The van der Waals surface area contributed by atoms with Crippen molar-refractivity contribution in [2.24, 2.45) is 0 Å². The zero-order valence-electron chi connectivity index (χ0n) is 21.0.